The molecule has 7 nitrogen and oxygen atoms in total. The molecule has 0 aliphatic carbocycles. The fourth-order valence-electron chi connectivity index (χ4n) is 4.06. The number of nitrogens with one attached hydrogen (secondary N) is 2. The molecule has 2 N–H and O–H groups in total. The standard InChI is InChI=1S/C25H34N4O3/c1-18-14-19(2)24(20(3)15-18)27-23(30)17-28(4)25(31)26-22(21-8-6-5-7-9-21)16-29-10-12-32-13-11-29/h5-9,14-15,22H,10-13,16-17H2,1-4H3,(H,26,31)(H,27,30). The van der Waals surface area contributed by atoms with E-state index >= 15 is 0 Å². The molecule has 2 aromatic rings. The van der Waals surface area contributed by atoms with E-state index in [1.54, 1.807) is 7.05 Å². The fraction of sp³-hybridized carbons (Fsp3) is 0.440. The van der Waals surface area contributed by atoms with Gasteiger partial charge in [-0.1, -0.05) is 48.0 Å². The maximum absolute atomic E-state index is 12.9. The maximum atomic E-state index is 12.9. The molecular weight excluding hydrogens is 404 g/mol. The van der Waals surface area contributed by atoms with E-state index in [4.69, 9.17) is 4.74 Å². The van der Waals surface area contributed by atoms with Gasteiger partial charge in [0, 0.05) is 32.4 Å². The number of aryl methyl sites for hydroxylation is 3. The molecule has 0 spiro atoms. The quantitative estimate of drug-likeness (QED) is 0.696. The van der Waals surface area contributed by atoms with Gasteiger partial charge in [-0.2, -0.15) is 0 Å². The van der Waals surface area contributed by atoms with Gasteiger partial charge in [-0.3, -0.25) is 9.69 Å². The Labute approximate surface area is 190 Å². The van der Waals surface area contributed by atoms with Crippen molar-refractivity contribution in [1.82, 2.24) is 15.1 Å². The minimum atomic E-state index is -0.278. The largest absolute Gasteiger partial charge is 0.379 e. The zero-order chi connectivity index (χ0) is 23.1. The first-order valence-corrected chi connectivity index (χ1v) is 11.1. The summed E-state index contributed by atoms with van der Waals surface area (Å²) in [6.45, 7) is 9.73. The Balaban J connectivity index is 1.62. The van der Waals surface area contributed by atoms with Gasteiger partial charge in [-0.25, -0.2) is 4.79 Å². The van der Waals surface area contributed by atoms with Crippen molar-refractivity contribution in [3.8, 4) is 0 Å². The van der Waals surface area contributed by atoms with Gasteiger partial charge in [0.25, 0.3) is 0 Å². The second-order valence-corrected chi connectivity index (χ2v) is 8.50. The molecule has 1 fully saturated rings. The number of urea groups is 1. The SMILES string of the molecule is Cc1cc(C)c(NC(=O)CN(C)C(=O)NC(CN2CCOCC2)c2ccccc2)c(C)c1. The third-order valence-electron chi connectivity index (χ3n) is 5.71. The van der Waals surface area contributed by atoms with Gasteiger partial charge >= 0.3 is 6.03 Å². The van der Waals surface area contributed by atoms with Crippen LogP contribution in [0.5, 0.6) is 0 Å². The molecule has 2 aromatic carbocycles. The van der Waals surface area contributed by atoms with Gasteiger partial charge in [0.15, 0.2) is 0 Å². The number of hydrogen-bond acceptors (Lipinski definition) is 4. The molecule has 1 saturated heterocycles. The third-order valence-corrected chi connectivity index (χ3v) is 5.71. The average Bonchev–Trinajstić information content (AvgIpc) is 2.77. The summed E-state index contributed by atoms with van der Waals surface area (Å²) in [5.41, 5.74) is 5.02. The van der Waals surface area contributed by atoms with Crippen LogP contribution in [0.1, 0.15) is 28.3 Å². The van der Waals surface area contributed by atoms with Crippen molar-refractivity contribution in [3.63, 3.8) is 0 Å². The first kappa shape index (κ1) is 23.8. The van der Waals surface area contributed by atoms with Gasteiger partial charge in [-0.15, -0.1) is 0 Å². The van der Waals surface area contributed by atoms with Gasteiger partial charge < -0.3 is 20.3 Å². The molecule has 3 rings (SSSR count). The first-order chi connectivity index (χ1) is 15.3. The number of carbonyl (C=O) groups is 2. The minimum absolute atomic E-state index is 0.0301. The summed E-state index contributed by atoms with van der Waals surface area (Å²) in [4.78, 5) is 29.3. The highest BCUT2D eigenvalue weighted by Crippen LogP contribution is 2.22. The highest BCUT2D eigenvalue weighted by Gasteiger charge is 2.22. The second-order valence-electron chi connectivity index (χ2n) is 8.50. The van der Waals surface area contributed by atoms with Crippen LogP contribution < -0.4 is 10.6 Å². The summed E-state index contributed by atoms with van der Waals surface area (Å²) < 4.78 is 5.44. The van der Waals surface area contributed by atoms with Crippen LogP contribution in [0.3, 0.4) is 0 Å². The number of amides is 3. The Kier molecular flexibility index (Phi) is 8.25. The lowest BCUT2D eigenvalue weighted by molar-refractivity contribution is -0.116. The summed E-state index contributed by atoms with van der Waals surface area (Å²) in [6.07, 6.45) is 0. The van der Waals surface area contributed by atoms with E-state index in [9.17, 15) is 9.59 Å². The van der Waals surface area contributed by atoms with Crippen molar-refractivity contribution in [2.24, 2.45) is 0 Å². The predicted molar refractivity (Wildman–Crippen MR) is 127 cm³/mol. The first-order valence-electron chi connectivity index (χ1n) is 11.1. The van der Waals surface area contributed by atoms with Crippen LogP contribution in [-0.4, -0.2) is 68.2 Å². The summed E-state index contributed by atoms with van der Waals surface area (Å²) in [7, 11) is 1.64. The number of likely N-dealkylation sites (N-methyl/N-ethyl adjacent to an activating group) is 1. The van der Waals surface area contributed by atoms with Crippen LogP contribution in [0.4, 0.5) is 10.5 Å². The maximum Gasteiger partial charge on any atom is 0.318 e. The van der Waals surface area contributed by atoms with Crippen molar-refractivity contribution in [1.29, 1.82) is 0 Å². The Bertz CT molecular complexity index is 903. The number of anilines is 1. The lowest BCUT2D eigenvalue weighted by Crippen LogP contribution is -2.47. The Morgan fingerprint density at radius 3 is 2.31 bits per heavy atom. The monoisotopic (exact) mass is 438 g/mol. The number of ether oxygens (including phenoxy) is 1. The lowest BCUT2D eigenvalue weighted by atomic mass is 10.1. The van der Waals surface area contributed by atoms with Gasteiger partial charge in [0.1, 0.15) is 6.54 Å². The van der Waals surface area contributed by atoms with E-state index < -0.39 is 0 Å². The van der Waals surface area contributed by atoms with Gasteiger partial charge in [-0.05, 0) is 37.5 Å². The van der Waals surface area contributed by atoms with E-state index in [0.29, 0.717) is 19.8 Å². The Morgan fingerprint density at radius 2 is 1.69 bits per heavy atom. The zero-order valence-electron chi connectivity index (χ0n) is 19.5. The van der Waals surface area contributed by atoms with E-state index in [1.165, 1.54) is 4.90 Å². The number of carbonyl (C=O) groups excluding carboxylic acids is 2. The summed E-state index contributed by atoms with van der Waals surface area (Å²) in [5, 5.41) is 6.06. The van der Waals surface area contributed by atoms with Crippen LogP contribution in [0.25, 0.3) is 0 Å². The van der Waals surface area contributed by atoms with Crippen LogP contribution in [-0.2, 0) is 9.53 Å². The van der Waals surface area contributed by atoms with Crippen molar-refractivity contribution in [2.45, 2.75) is 26.8 Å². The van der Waals surface area contributed by atoms with E-state index in [2.05, 4.69) is 15.5 Å². The third kappa shape index (κ3) is 6.55. The number of nitrogens with zero attached hydrogens (tertiary/aromatic N) is 2. The number of benzene rings is 2. The van der Waals surface area contributed by atoms with Gasteiger partial charge in [0.05, 0.1) is 19.3 Å². The van der Waals surface area contributed by atoms with Crippen LogP contribution in [0.15, 0.2) is 42.5 Å². The van der Waals surface area contributed by atoms with Crippen molar-refractivity contribution in [3.05, 3.63) is 64.7 Å². The molecule has 0 aromatic heterocycles. The summed E-state index contributed by atoms with van der Waals surface area (Å²) >= 11 is 0. The zero-order valence-corrected chi connectivity index (χ0v) is 19.5. The minimum Gasteiger partial charge on any atom is -0.379 e. The molecule has 1 atom stereocenters. The predicted octanol–water partition coefficient (Wildman–Crippen LogP) is 3.27. The molecule has 32 heavy (non-hydrogen) atoms. The normalized spacial score (nSPS) is 15.1. The highest BCUT2D eigenvalue weighted by molar-refractivity contribution is 5.95. The Morgan fingerprint density at radius 1 is 1.06 bits per heavy atom. The van der Waals surface area contributed by atoms with E-state index in [1.807, 2.05) is 63.2 Å². The van der Waals surface area contributed by atoms with Crippen molar-refractivity contribution < 1.29 is 14.3 Å². The van der Waals surface area contributed by atoms with Crippen LogP contribution in [0, 0.1) is 20.8 Å². The molecule has 1 aliphatic rings. The average molecular weight is 439 g/mol. The molecule has 3 amide bonds. The summed E-state index contributed by atoms with van der Waals surface area (Å²) in [5.74, 6) is -0.220. The van der Waals surface area contributed by atoms with Crippen LogP contribution in [0.2, 0.25) is 0 Å². The molecule has 1 unspecified atom stereocenters. The fourth-order valence-corrected chi connectivity index (χ4v) is 4.06. The molecule has 172 valence electrons. The number of morpholine rings is 1. The highest BCUT2D eigenvalue weighted by atomic mass is 16.5. The smallest absolute Gasteiger partial charge is 0.318 e. The lowest BCUT2D eigenvalue weighted by Gasteiger charge is -2.32. The van der Waals surface area contributed by atoms with Crippen molar-refractivity contribution >= 4 is 17.6 Å². The molecule has 1 heterocycles. The van der Waals surface area contributed by atoms with E-state index in [-0.39, 0.29) is 24.5 Å². The second kappa shape index (κ2) is 11.1. The summed E-state index contributed by atoms with van der Waals surface area (Å²) in [6, 6.07) is 13.6. The molecule has 0 bridgehead atoms. The Hall–Kier alpha value is -2.90. The topological polar surface area (TPSA) is 73.9 Å². The molecule has 0 radical (unpaired) electrons. The van der Waals surface area contributed by atoms with E-state index in [0.717, 1.165) is 41.0 Å². The molecular formula is C25H34N4O3. The number of rotatable bonds is 7. The van der Waals surface area contributed by atoms with Crippen LogP contribution >= 0.6 is 0 Å². The molecule has 0 saturated carbocycles. The van der Waals surface area contributed by atoms with Crippen molar-refractivity contribution in [2.75, 3.05) is 51.8 Å². The molecule has 1 aliphatic heterocycles. The number of hydrogen-bond donors (Lipinski definition) is 2. The molecule has 7 heteroatoms. The van der Waals surface area contributed by atoms with Gasteiger partial charge in [0.2, 0.25) is 5.91 Å².